The van der Waals surface area contributed by atoms with Crippen LogP contribution in [0.4, 0.5) is 20.3 Å². The van der Waals surface area contributed by atoms with Gasteiger partial charge in [-0.2, -0.15) is 0 Å². The molecule has 72 valence electrons. The Bertz CT molecular complexity index is 317. The largest absolute Gasteiger partial charge is 0.395 e. The molecule has 0 atom stereocenters. The Morgan fingerprint density at radius 3 is 2.54 bits per heavy atom. The van der Waals surface area contributed by atoms with Crippen molar-refractivity contribution in [3.63, 3.8) is 0 Å². The first-order chi connectivity index (χ1) is 6.06. The molecular formula is C7H9F2N3O. The van der Waals surface area contributed by atoms with Crippen molar-refractivity contribution in [2.75, 3.05) is 11.5 Å². The van der Waals surface area contributed by atoms with E-state index < -0.39 is 18.6 Å². The Hall–Kier alpha value is -1.43. The topological polar surface area (TPSA) is 85.2 Å². The zero-order chi connectivity index (χ0) is 10.0. The lowest BCUT2D eigenvalue weighted by Gasteiger charge is -2.08. The first-order valence-corrected chi connectivity index (χ1v) is 3.50. The van der Waals surface area contributed by atoms with Gasteiger partial charge in [0.25, 0.3) is 6.43 Å². The summed E-state index contributed by atoms with van der Waals surface area (Å²) in [6.45, 7) is -0.440. The van der Waals surface area contributed by atoms with E-state index in [-0.39, 0.29) is 17.2 Å². The summed E-state index contributed by atoms with van der Waals surface area (Å²) >= 11 is 0. The van der Waals surface area contributed by atoms with Gasteiger partial charge in [-0.25, -0.2) is 13.8 Å². The molecule has 0 aromatic carbocycles. The molecule has 1 rings (SSSR count). The smallest absolute Gasteiger partial charge is 0.266 e. The number of aliphatic hydroxyl groups excluding tert-OH is 1. The Morgan fingerprint density at radius 2 is 2.08 bits per heavy atom. The zero-order valence-electron chi connectivity index (χ0n) is 6.67. The number of aromatic nitrogens is 1. The van der Waals surface area contributed by atoms with Crippen LogP contribution in [0, 0.1) is 0 Å². The van der Waals surface area contributed by atoms with Crippen LogP contribution in [-0.2, 0) is 6.61 Å². The molecule has 4 nitrogen and oxygen atoms in total. The molecule has 13 heavy (non-hydrogen) atoms. The SMILES string of the molecule is Nc1nc(CO)cc(C(F)F)c1N. The van der Waals surface area contributed by atoms with E-state index in [1.165, 1.54) is 0 Å². The molecule has 0 bridgehead atoms. The highest BCUT2D eigenvalue weighted by Gasteiger charge is 2.15. The third-order valence-electron chi connectivity index (χ3n) is 1.57. The van der Waals surface area contributed by atoms with Crippen molar-refractivity contribution >= 4 is 11.5 Å². The van der Waals surface area contributed by atoms with Gasteiger partial charge in [-0.1, -0.05) is 0 Å². The lowest BCUT2D eigenvalue weighted by molar-refractivity contribution is 0.152. The maximum atomic E-state index is 12.3. The molecule has 1 aromatic rings. The molecule has 0 saturated heterocycles. The molecule has 0 amide bonds. The molecule has 6 heteroatoms. The van der Waals surface area contributed by atoms with E-state index >= 15 is 0 Å². The average molecular weight is 189 g/mol. The summed E-state index contributed by atoms with van der Waals surface area (Å²) in [4.78, 5) is 3.60. The quantitative estimate of drug-likeness (QED) is 0.638. The highest BCUT2D eigenvalue weighted by Crippen LogP contribution is 2.28. The molecule has 1 aromatic heterocycles. The van der Waals surface area contributed by atoms with Crippen LogP contribution in [-0.4, -0.2) is 10.1 Å². The van der Waals surface area contributed by atoms with Crippen LogP contribution >= 0.6 is 0 Å². The molecule has 1 heterocycles. The van der Waals surface area contributed by atoms with Gasteiger partial charge >= 0.3 is 0 Å². The predicted molar refractivity (Wildman–Crippen MR) is 43.9 cm³/mol. The van der Waals surface area contributed by atoms with E-state index in [0.29, 0.717) is 0 Å². The second-order valence-electron chi connectivity index (χ2n) is 2.46. The van der Waals surface area contributed by atoms with Gasteiger partial charge in [-0.15, -0.1) is 0 Å². The lowest BCUT2D eigenvalue weighted by atomic mass is 10.2. The van der Waals surface area contributed by atoms with Gasteiger partial charge in [0.05, 0.1) is 18.0 Å². The maximum Gasteiger partial charge on any atom is 0.266 e. The van der Waals surface area contributed by atoms with Crippen LogP contribution in [0.2, 0.25) is 0 Å². The highest BCUT2D eigenvalue weighted by atomic mass is 19.3. The minimum absolute atomic E-state index is 0.0852. The minimum atomic E-state index is -2.71. The number of nitrogen functional groups attached to an aromatic ring is 2. The number of aliphatic hydroxyl groups is 1. The van der Waals surface area contributed by atoms with Crippen molar-refractivity contribution in [2.24, 2.45) is 0 Å². The molecular weight excluding hydrogens is 180 g/mol. The van der Waals surface area contributed by atoms with Crippen LogP contribution < -0.4 is 11.5 Å². The molecule has 0 aliphatic heterocycles. The standard InChI is InChI=1S/C7H9F2N3O/c8-6(9)4-1-3(2-13)12-7(11)5(4)10/h1,6,13H,2,10H2,(H2,11,12). The zero-order valence-corrected chi connectivity index (χ0v) is 6.67. The molecule has 0 aliphatic rings. The first-order valence-electron chi connectivity index (χ1n) is 3.50. The van der Waals surface area contributed by atoms with Gasteiger partial charge in [0.1, 0.15) is 5.82 Å². The summed E-state index contributed by atoms with van der Waals surface area (Å²) in [5, 5.41) is 8.66. The maximum absolute atomic E-state index is 12.3. The fourth-order valence-electron chi connectivity index (χ4n) is 0.914. The second kappa shape index (κ2) is 3.53. The molecule has 0 aliphatic carbocycles. The predicted octanol–water partition coefficient (Wildman–Crippen LogP) is 0.676. The van der Waals surface area contributed by atoms with Crippen molar-refractivity contribution < 1.29 is 13.9 Å². The summed E-state index contributed by atoms with van der Waals surface area (Å²) in [5.41, 5.74) is 9.98. The number of nitrogens with two attached hydrogens (primary N) is 2. The molecule has 0 radical (unpaired) electrons. The van der Waals surface area contributed by atoms with Gasteiger partial charge < -0.3 is 16.6 Å². The number of hydrogen-bond acceptors (Lipinski definition) is 4. The van der Waals surface area contributed by atoms with E-state index in [0.717, 1.165) is 6.07 Å². The van der Waals surface area contributed by atoms with Gasteiger partial charge in [0.15, 0.2) is 0 Å². The number of halogens is 2. The van der Waals surface area contributed by atoms with Gasteiger partial charge in [-0.05, 0) is 6.07 Å². The van der Waals surface area contributed by atoms with Crippen molar-refractivity contribution in [1.29, 1.82) is 0 Å². The fourth-order valence-corrected chi connectivity index (χ4v) is 0.914. The van der Waals surface area contributed by atoms with Gasteiger partial charge in [0, 0.05) is 5.56 Å². The highest BCUT2D eigenvalue weighted by molar-refractivity contribution is 5.63. The number of anilines is 2. The monoisotopic (exact) mass is 189 g/mol. The van der Waals surface area contributed by atoms with E-state index in [4.69, 9.17) is 16.6 Å². The van der Waals surface area contributed by atoms with Crippen molar-refractivity contribution in [2.45, 2.75) is 13.0 Å². The number of rotatable bonds is 2. The van der Waals surface area contributed by atoms with Crippen molar-refractivity contribution in [3.05, 3.63) is 17.3 Å². The third kappa shape index (κ3) is 1.83. The Labute approximate surface area is 73.2 Å². The number of nitrogens with zero attached hydrogens (tertiary/aromatic N) is 1. The van der Waals surface area contributed by atoms with Crippen molar-refractivity contribution in [1.82, 2.24) is 4.98 Å². The van der Waals surface area contributed by atoms with Crippen LogP contribution in [0.25, 0.3) is 0 Å². The molecule has 0 unspecified atom stereocenters. The number of pyridine rings is 1. The molecule has 0 saturated carbocycles. The van der Waals surface area contributed by atoms with Crippen molar-refractivity contribution in [3.8, 4) is 0 Å². The Balaban J connectivity index is 3.25. The summed E-state index contributed by atoms with van der Waals surface area (Å²) in [6, 6.07) is 1.04. The van der Waals surface area contributed by atoms with Crippen LogP contribution in [0.15, 0.2) is 6.07 Å². The first kappa shape index (κ1) is 9.66. The number of hydrogen-bond donors (Lipinski definition) is 3. The Morgan fingerprint density at radius 1 is 1.46 bits per heavy atom. The van der Waals surface area contributed by atoms with Gasteiger partial charge in [-0.3, -0.25) is 0 Å². The summed E-state index contributed by atoms with van der Waals surface area (Å²) in [7, 11) is 0. The van der Waals surface area contributed by atoms with Crippen LogP contribution in [0.3, 0.4) is 0 Å². The van der Waals surface area contributed by atoms with Crippen LogP contribution in [0.1, 0.15) is 17.7 Å². The van der Waals surface area contributed by atoms with Gasteiger partial charge in [0.2, 0.25) is 0 Å². The number of alkyl halides is 2. The molecule has 0 fully saturated rings. The van der Waals surface area contributed by atoms with E-state index in [2.05, 4.69) is 4.98 Å². The summed E-state index contributed by atoms with van der Waals surface area (Å²) in [6.07, 6.45) is -2.71. The second-order valence-corrected chi connectivity index (χ2v) is 2.46. The lowest BCUT2D eigenvalue weighted by Crippen LogP contribution is -2.05. The summed E-state index contributed by atoms with van der Waals surface area (Å²) < 4.78 is 24.6. The third-order valence-corrected chi connectivity index (χ3v) is 1.57. The summed E-state index contributed by atoms with van der Waals surface area (Å²) in [5.74, 6) is -0.179. The van der Waals surface area contributed by atoms with E-state index in [9.17, 15) is 8.78 Å². The van der Waals surface area contributed by atoms with E-state index in [1.54, 1.807) is 0 Å². The molecule has 5 N–H and O–H groups in total. The Kier molecular flexibility index (Phi) is 2.62. The fraction of sp³-hybridized carbons (Fsp3) is 0.286. The van der Waals surface area contributed by atoms with Crippen LogP contribution in [0.5, 0.6) is 0 Å². The normalized spacial score (nSPS) is 10.8. The van der Waals surface area contributed by atoms with E-state index in [1.807, 2.05) is 0 Å². The molecule has 0 spiro atoms. The average Bonchev–Trinajstić information content (AvgIpc) is 2.09. The minimum Gasteiger partial charge on any atom is -0.395 e.